The molecule has 0 amide bonds. The minimum absolute atomic E-state index is 0. The number of ether oxygens (including phenoxy) is 1. The summed E-state index contributed by atoms with van der Waals surface area (Å²) in [7, 11) is 3.62. The van der Waals surface area contributed by atoms with Gasteiger partial charge in [0.15, 0.2) is 5.96 Å². The first-order valence-corrected chi connectivity index (χ1v) is 10.5. The zero-order valence-electron chi connectivity index (χ0n) is 17.8. The van der Waals surface area contributed by atoms with Gasteiger partial charge in [0, 0.05) is 71.8 Å². The molecular weight excluding hydrogens is 477 g/mol. The van der Waals surface area contributed by atoms with E-state index >= 15 is 0 Å². The first-order valence-electron chi connectivity index (χ1n) is 10.5. The molecule has 0 unspecified atom stereocenters. The van der Waals surface area contributed by atoms with E-state index in [0.717, 1.165) is 71.1 Å². The molecule has 29 heavy (non-hydrogen) atoms. The quantitative estimate of drug-likeness (QED) is 0.184. The van der Waals surface area contributed by atoms with Crippen LogP contribution < -0.4 is 15.5 Å². The van der Waals surface area contributed by atoms with Crippen LogP contribution in [0.4, 0.5) is 5.69 Å². The van der Waals surface area contributed by atoms with Crippen molar-refractivity contribution in [2.24, 2.45) is 4.99 Å². The van der Waals surface area contributed by atoms with Crippen LogP contribution in [0.2, 0.25) is 0 Å². The normalized spacial score (nSPS) is 18.0. The molecule has 2 aliphatic heterocycles. The lowest BCUT2D eigenvalue weighted by molar-refractivity contribution is 0.155. The molecule has 0 spiro atoms. The summed E-state index contributed by atoms with van der Waals surface area (Å²) < 4.78 is 5.15. The number of nitrogens with one attached hydrogen (secondary N) is 2. The number of guanidine groups is 1. The molecule has 6 nitrogen and oxygen atoms in total. The van der Waals surface area contributed by atoms with Gasteiger partial charge < -0.3 is 25.2 Å². The van der Waals surface area contributed by atoms with Crippen LogP contribution >= 0.6 is 24.0 Å². The lowest BCUT2D eigenvalue weighted by Gasteiger charge is -2.33. The molecule has 162 valence electrons. The number of methoxy groups -OCH3 is 1. The largest absolute Gasteiger partial charge is 0.385 e. The Bertz CT molecular complexity index is 650. The van der Waals surface area contributed by atoms with Gasteiger partial charge in [-0.2, -0.15) is 0 Å². The van der Waals surface area contributed by atoms with Gasteiger partial charge in [-0.15, -0.1) is 24.0 Å². The van der Waals surface area contributed by atoms with E-state index in [-0.39, 0.29) is 24.0 Å². The second kappa shape index (κ2) is 13.1. The van der Waals surface area contributed by atoms with E-state index in [1.165, 1.54) is 11.3 Å². The number of hydrogen-bond donors (Lipinski definition) is 2. The van der Waals surface area contributed by atoms with E-state index in [2.05, 4.69) is 61.8 Å². The van der Waals surface area contributed by atoms with E-state index in [1.54, 1.807) is 7.11 Å². The van der Waals surface area contributed by atoms with E-state index in [1.807, 2.05) is 7.05 Å². The molecule has 1 aromatic rings. The van der Waals surface area contributed by atoms with Gasteiger partial charge in [-0.3, -0.25) is 4.99 Å². The van der Waals surface area contributed by atoms with Gasteiger partial charge in [0.2, 0.25) is 0 Å². The summed E-state index contributed by atoms with van der Waals surface area (Å²) in [6, 6.07) is 9.26. The average molecular weight is 513 g/mol. The summed E-state index contributed by atoms with van der Waals surface area (Å²) in [5.41, 5.74) is 2.56. The molecule has 0 radical (unpaired) electrons. The van der Waals surface area contributed by atoms with Gasteiger partial charge in [-0.1, -0.05) is 24.3 Å². The molecule has 1 aromatic carbocycles. The van der Waals surface area contributed by atoms with Crippen molar-refractivity contribution >= 4 is 35.6 Å². The van der Waals surface area contributed by atoms with Gasteiger partial charge in [0.1, 0.15) is 0 Å². The molecule has 0 saturated carbocycles. The van der Waals surface area contributed by atoms with Crippen molar-refractivity contribution in [3.05, 3.63) is 42.0 Å². The van der Waals surface area contributed by atoms with Gasteiger partial charge in [-0.25, -0.2) is 0 Å². The monoisotopic (exact) mass is 513 g/mol. The topological polar surface area (TPSA) is 52.1 Å². The molecule has 0 atom stereocenters. The van der Waals surface area contributed by atoms with Gasteiger partial charge >= 0.3 is 0 Å². The minimum Gasteiger partial charge on any atom is -0.385 e. The fourth-order valence-corrected chi connectivity index (χ4v) is 3.86. The summed E-state index contributed by atoms with van der Waals surface area (Å²) in [6.45, 7) is 7.06. The van der Waals surface area contributed by atoms with E-state index < -0.39 is 0 Å². The van der Waals surface area contributed by atoms with Gasteiger partial charge in [0.25, 0.3) is 0 Å². The lowest BCUT2D eigenvalue weighted by atomic mass is 10.1. The molecule has 0 aliphatic carbocycles. The third-order valence-corrected chi connectivity index (χ3v) is 5.53. The molecule has 0 aromatic heterocycles. The number of benzene rings is 1. The first-order chi connectivity index (χ1) is 13.8. The SMILES string of the molecule is CN=C(NCc1cccc(N2CC=CC2)c1)NC1CCN(CCCOC)CC1.I. The number of halogens is 1. The summed E-state index contributed by atoms with van der Waals surface area (Å²) in [5.74, 6) is 0.895. The highest BCUT2D eigenvalue weighted by Gasteiger charge is 2.19. The zero-order chi connectivity index (χ0) is 19.6. The predicted octanol–water partition coefficient (Wildman–Crippen LogP) is 2.85. The molecule has 1 saturated heterocycles. The lowest BCUT2D eigenvalue weighted by Crippen LogP contribution is -2.48. The molecule has 1 fully saturated rings. The Kier molecular flexibility index (Phi) is 10.8. The molecule has 2 N–H and O–H groups in total. The Morgan fingerprint density at radius 2 is 1.97 bits per heavy atom. The number of piperidine rings is 1. The van der Waals surface area contributed by atoms with Crippen LogP contribution in [-0.4, -0.2) is 70.4 Å². The van der Waals surface area contributed by atoms with Crippen molar-refractivity contribution in [1.29, 1.82) is 0 Å². The third kappa shape index (κ3) is 7.79. The Hall–Kier alpha value is -1.32. The molecule has 3 rings (SSSR count). The van der Waals surface area contributed by atoms with Gasteiger partial charge in [-0.05, 0) is 37.0 Å². The van der Waals surface area contributed by atoms with Gasteiger partial charge in [0.05, 0.1) is 0 Å². The van der Waals surface area contributed by atoms with Crippen molar-refractivity contribution < 1.29 is 4.74 Å². The number of nitrogens with zero attached hydrogens (tertiary/aromatic N) is 3. The summed E-state index contributed by atoms with van der Waals surface area (Å²) in [6.07, 6.45) is 7.87. The van der Waals surface area contributed by atoms with Crippen molar-refractivity contribution in [3.8, 4) is 0 Å². The third-order valence-electron chi connectivity index (χ3n) is 5.53. The van der Waals surface area contributed by atoms with E-state index in [0.29, 0.717) is 6.04 Å². The Morgan fingerprint density at radius 3 is 2.66 bits per heavy atom. The second-order valence-electron chi connectivity index (χ2n) is 7.58. The summed E-state index contributed by atoms with van der Waals surface area (Å²) in [5, 5.41) is 7.08. The smallest absolute Gasteiger partial charge is 0.191 e. The highest BCUT2D eigenvalue weighted by molar-refractivity contribution is 14.0. The van der Waals surface area contributed by atoms with Crippen LogP contribution in [0.5, 0.6) is 0 Å². The summed E-state index contributed by atoms with van der Waals surface area (Å²) in [4.78, 5) is 9.33. The number of likely N-dealkylation sites (tertiary alicyclic amines) is 1. The fourth-order valence-electron chi connectivity index (χ4n) is 3.86. The Labute approximate surface area is 192 Å². The second-order valence-corrected chi connectivity index (χ2v) is 7.58. The molecule has 2 heterocycles. The molecule has 7 heteroatoms. The highest BCUT2D eigenvalue weighted by atomic mass is 127. The van der Waals surface area contributed by atoms with Crippen LogP contribution in [0.15, 0.2) is 41.4 Å². The Morgan fingerprint density at radius 1 is 1.21 bits per heavy atom. The minimum atomic E-state index is 0. The maximum atomic E-state index is 5.15. The maximum Gasteiger partial charge on any atom is 0.191 e. The average Bonchev–Trinajstić information content (AvgIpc) is 3.28. The van der Waals surface area contributed by atoms with Crippen molar-refractivity contribution in [2.75, 3.05) is 58.4 Å². The molecule has 0 bridgehead atoms. The van der Waals surface area contributed by atoms with Crippen LogP contribution in [0, 0.1) is 0 Å². The number of aliphatic imine (C=N–C) groups is 1. The number of rotatable bonds is 8. The fraction of sp³-hybridized carbons (Fsp3) is 0.591. The zero-order valence-corrected chi connectivity index (χ0v) is 20.1. The number of hydrogen-bond acceptors (Lipinski definition) is 4. The first kappa shape index (κ1) is 24.0. The molecular formula is C22H36IN5O. The highest BCUT2D eigenvalue weighted by Crippen LogP contribution is 2.18. The number of anilines is 1. The maximum absolute atomic E-state index is 5.15. The summed E-state index contributed by atoms with van der Waals surface area (Å²) >= 11 is 0. The van der Waals surface area contributed by atoms with E-state index in [9.17, 15) is 0 Å². The molecule has 2 aliphatic rings. The standard InChI is InChI=1S/C22H35N5O.HI/c1-23-22(25-20-9-14-26(15-10-20)11-6-16-28-2)24-18-19-7-5-8-21(17-19)27-12-3-4-13-27;/h3-5,7-8,17,20H,6,9-16,18H2,1-2H3,(H2,23,24,25);1H. The van der Waals surface area contributed by atoms with Crippen molar-refractivity contribution in [2.45, 2.75) is 31.8 Å². The van der Waals surface area contributed by atoms with E-state index in [4.69, 9.17) is 4.74 Å². The van der Waals surface area contributed by atoms with Crippen LogP contribution in [0.25, 0.3) is 0 Å². The van der Waals surface area contributed by atoms with Crippen molar-refractivity contribution in [3.63, 3.8) is 0 Å². The van der Waals surface area contributed by atoms with Crippen LogP contribution in [0.3, 0.4) is 0 Å². The van der Waals surface area contributed by atoms with Crippen LogP contribution in [-0.2, 0) is 11.3 Å². The predicted molar refractivity (Wildman–Crippen MR) is 132 cm³/mol. The Balaban J connectivity index is 0.00000300. The van der Waals surface area contributed by atoms with Crippen LogP contribution in [0.1, 0.15) is 24.8 Å². The van der Waals surface area contributed by atoms with Crippen molar-refractivity contribution in [1.82, 2.24) is 15.5 Å².